The van der Waals surface area contributed by atoms with Gasteiger partial charge in [0.05, 0.1) is 23.3 Å². The fourth-order valence-electron chi connectivity index (χ4n) is 2.47. The molecule has 6 heteroatoms. The standard InChI is InChI=1S/C14H16N4O2/c1-18-7-10(5-13(18)19)14(20)15-6-9-2-3-11-12(4-9)17-8-16-11/h2-4,8,10H,5-7H2,1H3,(H,15,20)(H,16,17)/t10-/m1/s1. The number of rotatable bonds is 3. The quantitative estimate of drug-likeness (QED) is 0.861. The van der Waals surface area contributed by atoms with Gasteiger partial charge >= 0.3 is 0 Å². The molecule has 20 heavy (non-hydrogen) atoms. The number of carbonyl (C=O) groups is 2. The minimum absolute atomic E-state index is 0.0315. The number of imidazole rings is 1. The third kappa shape index (κ3) is 2.36. The van der Waals surface area contributed by atoms with Gasteiger partial charge in [-0.3, -0.25) is 9.59 Å². The van der Waals surface area contributed by atoms with E-state index in [9.17, 15) is 9.59 Å². The van der Waals surface area contributed by atoms with Crippen molar-refractivity contribution in [3.63, 3.8) is 0 Å². The van der Waals surface area contributed by atoms with Crippen LogP contribution in [0.1, 0.15) is 12.0 Å². The maximum absolute atomic E-state index is 12.0. The summed E-state index contributed by atoms with van der Waals surface area (Å²) in [4.78, 5) is 32.2. The molecule has 0 unspecified atom stereocenters. The van der Waals surface area contributed by atoms with Crippen molar-refractivity contribution in [2.75, 3.05) is 13.6 Å². The molecule has 0 spiro atoms. The average molecular weight is 272 g/mol. The molecule has 1 aliphatic heterocycles. The van der Waals surface area contributed by atoms with E-state index in [0.717, 1.165) is 16.6 Å². The highest BCUT2D eigenvalue weighted by Gasteiger charge is 2.31. The number of fused-ring (bicyclic) bond motifs is 1. The highest BCUT2D eigenvalue weighted by Crippen LogP contribution is 2.16. The number of likely N-dealkylation sites (tertiary alicyclic amines) is 1. The molecule has 1 aliphatic rings. The van der Waals surface area contributed by atoms with E-state index in [0.29, 0.717) is 19.5 Å². The summed E-state index contributed by atoms with van der Waals surface area (Å²) in [6, 6.07) is 5.82. The lowest BCUT2D eigenvalue weighted by Gasteiger charge is -2.11. The van der Waals surface area contributed by atoms with Gasteiger partial charge in [0.25, 0.3) is 0 Å². The number of H-pyrrole nitrogens is 1. The van der Waals surface area contributed by atoms with Crippen LogP contribution in [0.3, 0.4) is 0 Å². The topological polar surface area (TPSA) is 78.1 Å². The van der Waals surface area contributed by atoms with Gasteiger partial charge in [-0.15, -0.1) is 0 Å². The van der Waals surface area contributed by atoms with E-state index in [1.165, 1.54) is 0 Å². The largest absolute Gasteiger partial charge is 0.352 e. The van der Waals surface area contributed by atoms with Crippen LogP contribution in [-0.4, -0.2) is 40.3 Å². The van der Waals surface area contributed by atoms with Gasteiger partial charge in [0.1, 0.15) is 0 Å². The van der Waals surface area contributed by atoms with Gasteiger partial charge in [-0.05, 0) is 17.7 Å². The van der Waals surface area contributed by atoms with E-state index in [4.69, 9.17) is 0 Å². The first-order chi connectivity index (χ1) is 9.63. The molecule has 0 aliphatic carbocycles. The number of carbonyl (C=O) groups excluding carboxylic acids is 2. The lowest BCUT2D eigenvalue weighted by atomic mass is 10.1. The Balaban J connectivity index is 1.61. The van der Waals surface area contributed by atoms with Crippen molar-refractivity contribution in [3.05, 3.63) is 30.1 Å². The van der Waals surface area contributed by atoms with Crippen molar-refractivity contribution in [1.82, 2.24) is 20.2 Å². The van der Waals surface area contributed by atoms with Crippen LogP contribution in [0.15, 0.2) is 24.5 Å². The molecule has 1 saturated heterocycles. The molecule has 0 bridgehead atoms. The zero-order valence-corrected chi connectivity index (χ0v) is 11.2. The molecule has 0 radical (unpaired) electrons. The Hall–Kier alpha value is -2.37. The molecule has 104 valence electrons. The Morgan fingerprint density at radius 3 is 3.15 bits per heavy atom. The molecule has 3 rings (SSSR count). The van der Waals surface area contributed by atoms with Gasteiger partial charge in [-0.25, -0.2) is 4.98 Å². The van der Waals surface area contributed by atoms with Crippen molar-refractivity contribution in [2.45, 2.75) is 13.0 Å². The molecule has 1 atom stereocenters. The normalized spacial score (nSPS) is 18.8. The number of benzene rings is 1. The van der Waals surface area contributed by atoms with E-state index in [-0.39, 0.29) is 17.7 Å². The van der Waals surface area contributed by atoms with E-state index >= 15 is 0 Å². The summed E-state index contributed by atoms with van der Waals surface area (Å²) in [6.45, 7) is 0.965. The van der Waals surface area contributed by atoms with Crippen molar-refractivity contribution < 1.29 is 9.59 Å². The zero-order valence-electron chi connectivity index (χ0n) is 11.2. The summed E-state index contributed by atoms with van der Waals surface area (Å²) in [5, 5.41) is 2.89. The summed E-state index contributed by atoms with van der Waals surface area (Å²) >= 11 is 0. The van der Waals surface area contributed by atoms with E-state index < -0.39 is 0 Å². The van der Waals surface area contributed by atoms with Gasteiger partial charge in [0, 0.05) is 26.6 Å². The Morgan fingerprint density at radius 2 is 2.40 bits per heavy atom. The SMILES string of the molecule is CN1C[C@H](C(=O)NCc2ccc3nc[nH]c3c2)CC1=O. The van der Waals surface area contributed by atoms with E-state index in [1.54, 1.807) is 18.3 Å². The highest BCUT2D eigenvalue weighted by molar-refractivity contribution is 5.89. The van der Waals surface area contributed by atoms with Crippen LogP contribution in [0.25, 0.3) is 11.0 Å². The van der Waals surface area contributed by atoms with Crippen molar-refractivity contribution in [3.8, 4) is 0 Å². The minimum atomic E-state index is -0.233. The maximum Gasteiger partial charge on any atom is 0.225 e. The molecular formula is C14H16N4O2. The molecule has 2 N–H and O–H groups in total. The second kappa shape index (κ2) is 4.96. The summed E-state index contributed by atoms with van der Waals surface area (Å²) in [6.07, 6.45) is 1.95. The number of aromatic amines is 1. The van der Waals surface area contributed by atoms with Crippen LogP contribution in [0.4, 0.5) is 0 Å². The summed E-state index contributed by atoms with van der Waals surface area (Å²) in [5.74, 6) is -0.264. The summed E-state index contributed by atoms with van der Waals surface area (Å²) in [5.41, 5.74) is 2.86. The lowest BCUT2D eigenvalue weighted by Crippen LogP contribution is -2.31. The van der Waals surface area contributed by atoms with Crippen LogP contribution in [0.2, 0.25) is 0 Å². The number of hydrogen-bond acceptors (Lipinski definition) is 3. The molecule has 6 nitrogen and oxygen atoms in total. The molecule has 2 amide bonds. The number of nitrogens with zero attached hydrogens (tertiary/aromatic N) is 2. The Labute approximate surface area is 116 Å². The smallest absolute Gasteiger partial charge is 0.225 e. The molecular weight excluding hydrogens is 256 g/mol. The molecule has 1 aromatic carbocycles. The van der Waals surface area contributed by atoms with Crippen LogP contribution in [0.5, 0.6) is 0 Å². The fraction of sp³-hybridized carbons (Fsp3) is 0.357. The van der Waals surface area contributed by atoms with Crippen LogP contribution in [-0.2, 0) is 16.1 Å². The second-order valence-electron chi connectivity index (χ2n) is 5.15. The fourth-order valence-corrected chi connectivity index (χ4v) is 2.47. The number of amides is 2. The Bertz CT molecular complexity index is 664. The highest BCUT2D eigenvalue weighted by atomic mass is 16.2. The third-order valence-corrected chi connectivity index (χ3v) is 3.66. The second-order valence-corrected chi connectivity index (χ2v) is 5.15. The first-order valence-electron chi connectivity index (χ1n) is 6.57. The third-order valence-electron chi connectivity index (χ3n) is 3.66. The van der Waals surface area contributed by atoms with E-state index in [2.05, 4.69) is 15.3 Å². The molecule has 2 heterocycles. The monoisotopic (exact) mass is 272 g/mol. The van der Waals surface area contributed by atoms with Gasteiger partial charge < -0.3 is 15.2 Å². The average Bonchev–Trinajstić information content (AvgIpc) is 3.03. The van der Waals surface area contributed by atoms with Gasteiger partial charge in [-0.1, -0.05) is 6.07 Å². The molecule has 2 aromatic rings. The summed E-state index contributed by atoms with van der Waals surface area (Å²) in [7, 11) is 1.72. The first-order valence-corrected chi connectivity index (χ1v) is 6.57. The Kier molecular flexibility index (Phi) is 3.14. The number of aromatic nitrogens is 2. The predicted octanol–water partition coefficient (Wildman–Crippen LogP) is 0.657. The molecule has 1 aromatic heterocycles. The first kappa shape index (κ1) is 12.7. The van der Waals surface area contributed by atoms with E-state index in [1.807, 2.05) is 18.2 Å². The predicted molar refractivity (Wildman–Crippen MR) is 73.7 cm³/mol. The van der Waals surface area contributed by atoms with Crippen molar-refractivity contribution in [1.29, 1.82) is 0 Å². The van der Waals surface area contributed by atoms with Crippen LogP contribution >= 0.6 is 0 Å². The van der Waals surface area contributed by atoms with Crippen molar-refractivity contribution >= 4 is 22.8 Å². The van der Waals surface area contributed by atoms with Crippen LogP contribution < -0.4 is 5.32 Å². The van der Waals surface area contributed by atoms with Gasteiger partial charge in [-0.2, -0.15) is 0 Å². The lowest BCUT2D eigenvalue weighted by molar-refractivity contribution is -0.128. The zero-order chi connectivity index (χ0) is 14.1. The number of nitrogens with one attached hydrogen (secondary N) is 2. The number of hydrogen-bond donors (Lipinski definition) is 2. The summed E-state index contributed by atoms with van der Waals surface area (Å²) < 4.78 is 0. The van der Waals surface area contributed by atoms with Gasteiger partial charge in [0.2, 0.25) is 11.8 Å². The minimum Gasteiger partial charge on any atom is -0.352 e. The Morgan fingerprint density at radius 1 is 1.55 bits per heavy atom. The maximum atomic E-state index is 12.0. The van der Waals surface area contributed by atoms with Crippen LogP contribution in [0, 0.1) is 5.92 Å². The van der Waals surface area contributed by atoms with Crippen molar-refractivity contribution in [2.24, 2.45) is 5.92 Å². The van der Waals surface area contributed by atoms with Gasteiger partial charge in [0.15, 0.2) is 0 Å². The molecule has 1 fully saturated rings. The molecule has 0 saturated carbocycles.